The lowest BCUT2D eigenvalue weighted by Gasteiger charge is -2.20. The summed E-state index contributed by atoms with van der Waals surface area (Å²) in [6.07, 6.45) is 3.20. The molecule has 0 aliphatic carbocycles. The van der Waals surface area contributed by atoms with Crippen LogP contribution in [0.5, 0.6) is 0 Å². The van der Waals surface area contributed by atoms with Gasteiger partial charge >= 0.3 is 0 Å². The minimum absolute atomic E-state index is 0.0683. The average molecular weight is 330 g/mol. The highest BCUT2D eigenvalue weighted by molar-refractivity contribution is 6.44. The second kappa shape index (κ2) is 6.11. The summed E-state index contributed by atoms with van der Waals surface area (Å²) in [5.74, 6) is -1.47. The number of amides is 2. The first-order valence-corrected chi connectivity index (χ1v) is 7.15. The number of benzene rings is 1. The summed E-state index contributed by atoms with van der Waals surface area (Å²) < 4.78 is 14.6. The Morgan fingerprint density at radius 2 is 2.04 bits per heavy atom. The zero-order valence-electron chi connectivity index (χ0n) is 12.8. The maximum absolute atomic E-state index is 13.1. The molecule has 2 amide bonds. The van der Waals surface area contributed by atoms with Crippen LogP contribution < -0.4 is 16.1 Å². The molecule has 1 atom stereocenters. The molecule has 1 aliphatic rings. The third-order valence-corrected chi connectivity index (χ3v) is 3.55. The van der Waals surface area contributed by atoms with Crippen LogP contribution in [-0.2, 0) is 16.6 Å². The van der Waals surface area contributed by atoms with Crippen molar-refractivity contribution in [3.8, 4) is 0 Å². The number of nitrogens with one attached hydrogen (secondary N) is 1. The van der Waals surface area contributed by atoms with E-state index in [1.54, 1.807) is 17.9 Å². The molecule has 3 rings (SSSR count). The minimum Gasteiger partial charge on any atom is -0.368 e. The van der Waals surface area contributed by atoms with Gasteiger partial charge in [-0.1, -0.05) is 0 Å². The van der Waals surface area contributed by atoms with Gasteiger partial charge in [-0.05, 0) is 24.3 Å². The second-order valence-corrected chi connectivity index (χ2v) is 5.35. The number of nitrogens with zero attached hydrogens (tertiary/aromatic N) is 4. The molecule has 0 unspecified atom stereocenters. The molecular formula is C15H15FN6O2. The summed E-state index contributed by atoms with van der Waals surface area (Å²) >= 11 is 0. The molecule has 2 aromatic rings. The van der Waals surface area contributed by atoms with Crippen LogP contribution in [0.1, 0.15) is 6.42 Å². The van der Waals surface area contributed by atoms with Gasteiger partial charge in [0.05, 0.1) is 17.6 Å². The van der Waals surface area contributed by atoms with Gasteiger partial charge in [-0.25, -0.2) is 4.39 Å². The fourth-order valence-electron chi connectivity index (χ4n) is 2.39. The maximum Gasteiger partial charge on any atom is 0.272 e. The Morgan fingerprint density at radius 3 is 2.62 bits per heavy atom. The van der Waals surface area contributed by atoms with Crippen molar-refractivity contribution in [3.05, 3.63) is 42.5 Å². The molecule has 124 valence electrons. The van der Waals surface area contributed by atoms with E-state index in [1.807, 2.05) is 0 Å². The van der Waals surface area contributed by atoms with E-state index in [9.17, 15) is 14.0 Å². The van der Waals surface area contributed by atoms with Crippen molar-refractivity contribution in [1.29, 1.82) is 0 Å². The number of aromatic nitrogens is 2. The van der Waals surface area contributed by atoms with Gasteiger partial charge in [0, 0.05) is 19.7 Å². The first-order valence-electron chi connectivity index (χ1n) is 7.15. The van der Waals surface area contributed by atoms with Crippen molar-refractivity contribution in [2.45, 2.75) is 12.5 Å². The number of hydrogen-bond donors (Lipinski definition) is 2. The van der Waals surface area contributed by atoms with Gasteiger partial charge in [-0.3, -0.25) is 19.3 Å². The normalized spacial score (nSPS) is 16.8. The third-order valence-electron chi connectivity index (χ3n) is 3.55. The highest BCUT2D eigenvalue weighted by Crippen LogP contribution is 2.25. The Hall–Kier alpha value is -3.23. The zero-order valence-corrected chi connectivity index (χ0v) is 12.8. The van der Waals surface area contributed by atoms with Gasteiger partial charge in [0.2, 0.25) is 5.91 Å². The fourth-order valence-corrected chi connectivity index (χ4v) is 2.39. The largest absolute Gasteiger partial charge is 0.368 e. The van der Waals surface area contributed by atoms with Crippen LogP contribution in [0.2, 0.25) is 0 Å². The highest BCUT2D eigenvalue weighted by atomic mass is 19.1. The van der Waals surface area contributed by atoms with E-state index in [-0.39, 0.29) is 12.1 Å². The third kappa shape index (κ3) is 3.09. The van der Waals surface area contributed by atoms with E-state index >= 15 is 0 Å². The highest BCUT2D eigenvalue weighted by Gasteiger charge is 2.35. The van der Waals surface area contributed by atoms with E-state index < -0.39 is 23.7 Å². The number of carbonyl (C=O) groups is 2. The smallest absolute Gasteiger partial charge is 0.272 e. The van der Waals surface area contributed by atoms with E-state index in [2.05, 4.69) is 15.5 Å². The monoisotopic (exact) mass is 330 g/mol. The number of aryl methyl sites for hydroxylation is 1. The van der Waals surface area contributed by atoms with Gasteiger partial charge in [0.25, 0.3) is 5.91 Å². The molecule has 0 radical (unpaired) electrons. The van der Waals surface area contributed by atoms with Crippen molar-refractivity contribution in [2.75, 3.05) is 10.3 Å². The van der Waals surface area contributed by atoms with E-state index in [0.29, 0.717) is 11.4 Å². The molecule has 8 nitrogen and oxygen atoms in total. The minimum atomic E-state index is -0.801. The summed E-state index contributed by atoms with van der Waals surface area (Å²) in [7, 11) is 1.72. The van der Waals surface area contributed by atoms with Crippen molar-refractivity contribution in [3.63, 3.8) is 0 Å². The summed E-state index contributed by atoms with van der Waals surface area (Å²) in [4.78, 5) is 24.0. The number of hydrogen-bond acceptors (Lipinski definition) is 5. The number of anilines is 2. The number of nitrogens with two attached hydrogens (primary N) is 1. The number of carbonyl (C=O) groups excluding carboxylic acids is 2. The first kappa shape index (κ1) is 15.7. The van der Waals surface area contributed by atoms with E-state index in [0.717, 1.165) is 0 Å². The number of hydrazone groups is 1. The predicted octanol–water partition coefficient (Wildman–Crippen LogP) is 0.618. The van der Waals surface area contributed by atoms with E-state index in [4.69, 9.17) is 5.73 Å². The molecule has 24 heavy (non-hydrogen) atoms. The van der Waals surface area contributed by atoms with Gasteiger partial charge < -0.3 is 11.1 Å². The lowest BCUT2D eigenvalue weighted by molar-refractivity contribution is -0.119. The molecule has 1 aromatic carbocycles. The van der Waals surface area contributed by atoms with Gasteiger partial charge in [0.1, 0.15) is 17.6 Å². The van der Waals surface area contributed by atoms with Gasteiger partial charge in [-0.2, -0.15) is 10.2 Å². The quantitative estimate of drug-likeness (QED) is 0.857. The summed E-state index contributed by atoms with van der Waals surface area (Å²) in [6, 6.07) is 4.63. The molecule has 1 aliphatic heterocycles. The Bertz CT molecular complexity index is 814. The standard InChI is InChI=1S/C15H15FN6O2/c1-21-8-10(7-18-21)19-15(24)12-6-13(14(17)23)22(20-12)11-4-2-9(16)3-5-11/h2-5,7-8,13H,6H2,1H3,(H2,17,23)(H,19,24)/t13-/m1/s1. The number of halogens is 1. The lowest BCUT2D eigenvalue weighted by Crippen LogP contribution is -2.39. The molecular weight excluding hydrogens is 315 g/mol. The Labute approximate surface area is 136 Å². The molecule has 9 heteroatoms. The fraction of sp³-hybridized carbons (Fsp3) is 0.200. The lowest BCUT2D eigenvalue weighted by atomic mass is 10.1. The summed E-state index contributed by atoms with van der Waals surface area (Å²) in [5, 5.41) is 12.1. The number of primary amides is 1. The van der Waals surface area contributed by atoms with Crippen molar-refractivity contribution >= 4 is 28.9 Å². The molecule has 0 bridgehead atoms. The van der Waals surface area contributed by atoms with Crippen LogP contribution in [0.25, 0.3) is 0 Å². The van der Waals surface area contributed by atoms with Crippen molar-refractivity contribution in [2.24, 2.45) is 17.9 Å². The van der Waals surface area contributed by atoms with Crippen LogP contribution in [-0.4, -0.2) is 33.3 Å². The Balaban J connectivity index is 1.83. The second-order valence-electron chi connectivity index (χ2n) is 5.35. The average Bonchev–Trinajstić information content (AvgIpc) is 3.15. The van der Waals surface area contributed by atoms with Crippen molar-refractivity contribution in [1.82, 2.24) is 9.78 Å². The van der Waals surface area contributed by atoms with Crippen LogP contribution in [0, 0.1) is 5.82 Å². The van der Waals surface area contributed by atoms with Crippen LogP contribution in [0.4, 0.5) is 15.8 Å². The SMILES string of the molecule is Cn1cc(NC(=O)C2=NN(c3ccc(F)cc3)[C@@H](C(N)=O)C2)cn1. The number of rotatable bonds is 4. The molecule has 0 fully saturated rings. The van der Waals surface area contributed by atoms with Crippen LogP contribution in [0.3, 0.4) is 0 Å². The van der Waals surface area contributed by atoms with Gasteiger partial charge in [-0.15, -0.1) is 0 Å². The molecule has 1 aromatic heterocycles. The molecule has 0 saturated heterocycles. The molecule has 3 N–H and O–H groups in total. The first-order chi connectivity index (χ1) is 11.4. The van der Waals surface area contributed by atoms with Crippen LogP contribution in [0.15, 0.2) is 41.8 Å². The summed E-state index contributed by atoms with van der Waals surface area (Å²) in [5.41, 5.74) is 6.55. The maximum atomic E-state index is 13.1. The molecule has 0 saturated carbocycles. The van der Waals surface area contributed by atoms with E-state index in [1.165, 1.54) is 35.5 Å². The summed E-state index contributed by atoms with van der Waals surface area (Å²) in [6.45, 7) is 0. The predicted molar refractivity (Wildman–Crippen MR) is 85.8 cm³/mol. The zero-order chi connectivity index (χ0) is 17.3. The molecule has 2 heterocycles. The Morgan fingerprint density at radius 1 is 1.33 bits per heavy atom. The van der Waals surface area contributed by atoms with Crippen LogP contribution >= 0.6 is 0 Å². The molecule has 0 spiro atoms. The Kier molecular flexibility index (Phi) is 3.98. The topological polar surface area (TPSA) is 106 Å². The van der Waals surface area contributed by atoms with Crippen molar-refractivity contribution < 1.29 is 14.0 Å². The van der Waals surface area contributed by atoms with Gasteiger partial charge in [0.15, 0.2) is 0 Å².